The first-order valence-electron chi connectivity index (χ1n) is 1.14. The maximum absolute atomic E-state index is 3.52. The molecule has 0 aromatic rings. The molecule has 0 spiro atoms. The van der Waals surface area contributed by atoms with E-state index in [0.29, 0.717) is 0 Å². The van der Waals surface area contributed by atoms with Gasteiger partial charge in [-0.25, -0.2) is 0 Å². The first-order valence-corrected chi connectivity index (χ1v) is 1.72. The first-order chi connectivity index (χ1) is 1.73. The average molecular weight is 141 g/mol. The summed E-state index contributed by atoms with van der Waals surface area (Å²) < 4.78 is 1.08. The Morgan fingerprint density at radius 3 is 1.50 bits per heavy atom. The fourth-order valence-electron chi connectivity index (χ4n) is 0. The molecule has 0 aliphatic heterocycles. The van der Waals surface area contributed by atoms with Crippen molar-refractivity contribution < 1.29 is 0 Å². The highest BCUT2D eigenvalue weighted by Crippen LogP contribution is 1.65. The Balaban J connectivity index is -0.0000000450. The summed E-state index contributed by atoms with van der Waals surface area (Å²) in [4.78, 5) is 0. The fraction of sp³-hybridized carbons (Fsp3) is 0.333. The van der Waals surface area contributed by atoms with Crippen LogP contribution >= 0.6 is 24.8 Å². The van der Waals surface area contributed by atoms with Gasteiger partial charge in [-0.05, 0) is 0 Å². The van der Waals surface area contributed by atoms with Gasteiger partial charge in [0.2, 0.25) is 0 Å². The van der Waals surface area contributed by atoms with Crippen LogP contribution in [0.4, 0.5) is 0 Å². The van der Waals surface area contributed by atoms with Crippen molar-refractivity contribution in [1.82, 2.24) is 0 Å². The van der Waals surface area contributed by atoms with Gasteiger partial charge < -0.3 is 0 Å². The van der Waals surface area contributed by atoms with Gasteiger partial charge in [-0.1, -0.05) is 6.92 Å². The van der Waals surface area contributed by atoms with Crippen LogP contribution in [0.2, 0.25) is 0 Å². The van der Waals surface area contributed by atoms with Gasteiger partial charge in [0.05, 0.1) is 0 Å². The highest BCUT2D eigenvalue weighted by molar-refractivity contribution is 6.20. The van der Waals surface area contributed by atoms with Crippen LogP contribution in [0.1, 0.15) is 6.92 Å². The summed E-state index contributed by atoms with van der Waals surface area (Å²) in [7, 11) is 0. The molecular formula is C3H7AlCl2. The number of hydrogen-bond donors (Lipinski definition) is 0. The molecule has 0 aromatic heterocycles. The second-order valence-electron chi connectivity index (χ2n) is 0.846. The number of allylic oxidation sites excluding steroid dienone is 1. The van der Waals surface area contributed by atoms with Crippen molar-refractivity contribution in [3.05, 3.63) is 11.0 Å². The maximum atomic E-state index is 3.52. The third kappa shape index (κ3) is 99.1. The largest absolute Gasteiger partial charge is 0.169 e. The normalized spacial score (nSPS) is 4.17. The Hall–Kier alpha value is 0.852. The van der Waals surface area contributed by atoms with Crippen LogP contribution in [0.5, 0.6) is 0 Å². The predicted molar refractivity (Wildman–Crippen MR) is 35.1 cm³/mol. The number of halogens is 2. The minimum Gasteiger partial charge on any atom is -0.169 e. The second kappa shape index (κ2) is 9.29. The highest BCUT2D eigenvalue weighted by atomic mass is 35.5. The zero-order valence-corrected chi connectivity index (χ0v) is 6.39. The first kappa shape index (κ1) is 15.8. The molecule has 0 atom stereocenters. The van der Waals surface area contributed by atoms with E-state index in [-0.39, 0.29) is 24.8 Å². The summed E-state index contributed by atoms with van der Waals surface area (Å²) in [5.41, 5.74) is 0. The van der Waals surface area contributed by atoms with Crippen molar-refractivity contribution in [1.29, 1.82) is 0 Å². The molecule has 2 radical (unpaired) electrons. The fourth-order valence-corrected chi connectivity index (χ4v) is 0. The zero-order chi connectivity index (χ0) is 3.58. The molecule has 0 aliphatic rings. The van der Waals surface area contributed by atoms with E-state index in [1.165, 1.54) is 0 Å². The Labute approximate surface area is 59.2 Å². The van der Waals surface area contributed by atoms with Crippen molar-refractivity contribution >= 4 is 41.1 Å². The molecule has 0 fully saturated rings. The van der Waals surface area contributed by atoms with E-state index in [9.17, 15) is 0 Å². The number of rotatable bonds is 0. The van der Waals surface area contributed by atoms with Crippen molar-refractivity contribution in [2.45, 2.75) is 6.92 Å². The zero-order valence-electron chi connectivity index (χ0n) is 3.60. The van der Waals surface area contributed by atoms with Crippen LogP contribution in [-0.4, -0.2) is 16.3 Å². The van der Waals surface area contributed by atoms with Crippen LogP contribution in [0, 0.1) is 0 Å². The number of hydrogen-bond acceptors (Lipinski definition) is 0. The van der Waals surface area contributed by atoms with E-state index in [2.05, 4.69) is 22.9 Å². The molecule has 36 valence electrons. The van der Waals surface area contributed by atoms with Gasteiger partial charge in [-0.15, -0.1) is 31.4 Å². The van der Waals surface area contributed by atoms with Crippen molar-refractivity contribution in [3.63, 3.8) is 0 Å². The van der Waals surface area contributed by atoms with Crippen molar-refractivity contribution in [3.8, 4) is 0 Å². The molecule has 0 rings (SSSR count). The lowest BCUT2D eigenvalue weighted by Crippen LogP contribution is -1.56. The van der Waals surface area contributed by atoms with Crippen LogP contribution in [0.3, 0.4) is 0 Å². The molecule has 6 heavy (non-hydrogen) atoms. The Morgan fingerprint density at radius 2 is 1.50 bits per heavy atom. The molecule has 0 heterocycles. The van der Waals surface area contributed by atoms with Gasteiger partial charge in [-0.2, -0.15) is 4.44 Å². The lowest BCUT2D eigenvalue weighted by Gasteiger charge is -1.66. The van der Waals surface area contributed by atoms with E-state index in [0.717, 1.165) is 4.44 Å². The molecule has 0 unspecified atom stereocenters. The van der Waals surface area contributed by atoms with Gasteiger partial charge in [0.25, 0.3) is 0 Å². The van der Waals surface area contributed by atoms with Gasteiger partial charge in [0, 0.05) is 0 Å². The van der Waals surface area contributed by atoms with Crippen LogP contribution in [-0.2, 0) is 0 Å². The Bertz CT molecular complexity index is 31.8. The summed E-state index contributed by atoms with van der Waals surface area (Å²) >= 11 is 2.46. The van der Waals surface area contributed by atoms with E-state index >= 15 is 0 Å². The summed E-state index contributed by atoms with van der Waals surface area (Å²) in [6, 6.07) is 0. The molecule has 3 heteroatoms. The molecule has 0 aliphatic carbocycles. The van der Waals surface area contributed by atoms with E-state index in [1.54, 1.807) is 0 Å². The standard InChI is InChI=1S/C3H5.Al.2ClH/c1-3-2;;;/h1H2,2H3;;2*1H. The third-order valence-electron chi connectivity index (χ3n) is 0. The second-order valence-corrected chi connectivity index (χ2v) is 1.83. The van der Waals surface area contributed by atoms with Crippen LogP contribution < -0.4 is 0 Å². The van der Waals surface area contributed by atoms with Gasteiger partial charge >= 0.3 is 0 Å². The van der Waals surface area contributed by atoms with E-state index < -0.39 is 0 Å². The SMILES string of the molecule is C=[C](C)[Al].Cl.Cl. The van der Waals surface area contributed by atoms with Gasteiger partial charge in [-0.3, -0.25) is 0 Å². The smallest absolute Gasteiger partial charge is 0.166 e. The molecule has 0 N–H and O–H groups in total. The predicted octanol–water partition coefficient (Wildman–Crippen LogP) is 1.53. The summed E-state index contributed by atoms with van der Waals surface area (Å²) in [5, 5.41) is 0. The summed E-state index contributed by atoms with van der Waals surface area (Å²) in [5.74, 6) is 0. The maximum Gasteiger partial charge on any atom is 0.166 e. The summed E-state index contributed by atoms with van der Waals surface area (Å²) in [6.07, 6.45) is 0. The molecule has 0 nitrogen and oxygen atoms in total. The third-order valence-corrected chi connectivity index (χ3v) is 0. The molecular weight excluding hydrogens is 134 g/mol. The Kier molecular flexibility index (Phi) is 24.5. The Morgan fingerprint density at radius 1 is 1.50 bits per heavy atom. The minimum absolute atomic E-state index is 0. The average Bonchev–Trinajstić information content (AvgIpc) is 0.811. The quantitative estimate of drug-likeness (QED) is 0.448. The van der Waals surface area contributed by atoms with Crippen molar-refractivity contribution in [2.24, 2.45) is 0 Å². The van der Waals surface area contributed by atoms with Crippen LogP contribution in [0.25, 0.3) is 0 Å². The minimum atomic E-state index is 0. The molecule has 0 amide bonds. The van der Waals surface area contributed by atoms with Crippen LogP contribution in [0.15, 0.2) is 11.0 Å². The van der Waals surface area contributed by atoms with E-state index in [1.807, 2.05) is 6.92 Å². The lowest BCUT2D eigenvalue weighted by atomic mass is 10.8. The molecule has 0 saturated heterocycles. The highest BCUT2D eigenvalue weighted by Gasteiger charge is 1.52. The molecule has 0 aromatic carbocycles. The molecule has 0 saturated carbocycles. The lowest BCUT2D eigenvalue weighted by molar-refractivity contribution is 1.72. The monoisotopic (exact) mass is 140 g/mol. The molecule has 0 bridgehead atoms. The van der Waals surface area contributed by atoms with Crippen molar-refractivity contribution in [2.75, 3.05) is 0 Å². The van der Waals surface area contributed by atoms with Gasteiger partial charge in [0.1, 0.15) is 0 Å². The van der Waals surface area contributed by atoms with E-state index in [4.69, 9.17) is 0 Å². The topological polar surface area (TPSA) is 0 Å². The summed E-state index contributed by atoms with van der Waals surface area (Å²) in [6.45, 7) is 5.45. The van der Waals surface area contributed by atoms with Gasteiger partial charge in [0.15, 0.2) is 16.3 Å².